The van der Waals surface area contributed by atoms with E-state index in [4.69, 9.17) is 4.74 Å². The van der Waals surface area contributed by atoms with Gasteiger partial charge in [0.2, 0.25) is 17.6 Å². The molecule has 10 nitrogen and oxygen atoms in total. The van der Waals surface area contributed by atoms with Gasteiger partial charge in [0.05, 0.1) is 6.04 Å². The van der Waals surface area contributed by atoms with Gasteiger partial charge in [-0.15, -0.1) is 13.2 Å². The van der Waals surface area contributed by atoms with Crippen LogP contribution in [0.1, 0.15) is 92.4 Å². The fourth-order valence-electron chi connectivity index (χ4n) is 5.96. The Hall–Kier alpha value is -3.17. The number of carbonyl (C=O) groups is 5. The smallest absolute Gasteiger partial charge is 0.408 e. The Morgan fingerprint density at radius 1 is 0.976 bits per heavy atom. The predicted octanol–water partition coefficient (Wildman–Crippen LogP) is 4.05. The van der Waals surface area contributed by atoms with Crippen molar-refractivity contribution in [1.29, 1.82) is 0 Å². The van der Waals surface area contributed by atoms with Crippen LogP contribution in [0.25, 0.3) is 0 Å². The average Bonchev–Trinajstić information content (AvgIpc) is 3.39. The molecular weight excluding hydrogens is 536 g/mol. The lowest BCUT2D eigenvalue weighted by molar-refractivity contribution is -0.144. The number of Topliss-reactive ketones (excluding diaryl/α,β-unsaturated/α-hetero) is 1. The summed E-state index contributed by atoms with van der Waals surface area (Å²) in [6.07, 6.45) is 9.17. The highest BCUT2D eigenvalue weighted by Crippen LogP contribution is 2.34. The largest absolute Gasteiger partial charge is 0.444 e. The number of nitrogens with zero attached hydrogens (tertiary/aromatic N) is 1. The van der Waals surface area contributed by atoms with Gasteiger partial charge in [0, 0.05) is 13.1 Å². The van der Waals surface area contributed by atoms with Crippen molar-refractivity contribution < 1.29 is 28.7 Å². The summed E-state index contributed by atoms with van der Waals surface area (Å²) in [5.74, 6) is -2.45. The van der Waals surface area contributed by atoms with E-state index in [1.807, 2.05) is 13.8 Å². The molecule has 1 saturated heterocycles. The first-order chi connectivity index (χ1) is 19.8. The molecule has 0 radical (unpaired) electrons. The van der Waals surface area contributed by atoms with Crippen molar-refractivity contribution in [2.24, 2.45) is 17.8 Å². The molecule has 3 N–H and O–H groups in total. The van der Waals surface area contributed by atoms with Crippen LogP contribution < -0.4 is 16.0 Å². The summed E-state index contributed by atoms with van der Waals surface area (Å²) in [5, 5.41) is 8.15. The van der Waals surface area contributed by atoms with Crippen LogP contribution in [0, 0.1) is 17.8 Å². The summed E-state index contributed by atoms with van der Waals surface area (Å²) < 4.78 is 5.49. The van der Waals surface area contributed by atoms with E-state index in [2.05, 4.69) is 29.1 Å². The van der Waals surface area contributed by atoms with E-state index < -0.39 is 47.4 Å². The van der Waals surface area contributed by atoms with E-state index in [1.54, 1.807) is 31.7 Å². The molecule has 2 fully saturated rings. The van der Waals surface area contributed by atoms with Gasteiger partial charge in [-0.1, -0.05) is 45.3 Å². The second kappa shape index (κ2) is 16.5. The maximum Gasteiger partial charge on any atom is 0.408 e. The number of ketones is 1. The van der Waals surface area contributed by atoms with Crippen LogP contribution in [0.3, 0.4) is 0 Å². The fraction of sp³-hybridized carbons (Fsp3) is 0.719. The van der Waals surface area contributed by atoms with Gasteiger partial charge in [0.15, 0.2) is 0 Å². The van der Waals surface area contributed by atoms with Crippen LogP contribution in [0.15, 0.2) is 25.3 Å². The number of unbranched alkanes of at least 4 members (excludes halogenated alkanes) is 1. The van der Waals surface area contributed by atoms with E-state index in [-0.39, 0.29) is 36.6 Å². The van der Waals surface area contributed by atoms with E-state index >= 15 is 0 Å². The summed E-state index contributed by atoms with van der Waals surface area (Å²) in [7, 11) is 0. The molecule has 236 valence electrons. The molecule has 1 aliphatic heterocycles. The van der Waals surface area contributed by atoms with Gasteiger partial charge < -0.3 is 25.6 Å². The molecule has 1 heterocycles. The lowest BCUT2D eigenvalue weighted by Crippen LogP contribution is -2.59. The molecule has 1 aliphatic carbocycles. The lowest BCUT2D eigenvalue weighted by atomic mass is 9.83. The number of alkyl carbamates (subject to hydrolysis) is 1. The quantitative estimate of drug-likeness (QED) is 0.159. The number of hydrogen-bond donors (Lipinski definition) is 3. The third-order valence-corrected chi connectivity index (χ3v) is 8.08. The first kappa shape index (κ1) is 35.0. The highest BCUT2D eigenvalue weighted by molar-refractivity contribution is 6.38. The van der Waals surface area contributed by atoms with Crippen LogP contribution in [0.4, 0.5) is 4.79 Å². The van der Waals surface area contributed by atoms with Crippen molar-refractivity contribution in [3.63, 3.8) is 0 Å². The molecule has 0 aromatic heterocycles. The van der Waals surface area contributed by atoms with Crippen molar-refractivity contribution in [3.8, 4) is 0 Å². The number of likely N-dealkylation sites (tertiary alicyclic amines) is 1. The molecule has 0 spiro atoms. The normalized spacial score (nSPS) is 20.8. The van der Waals surface area contributed by atoms with Crippen molar-refractivity contribution in [1.82, 2.24) is 20.9 Å². The molecule has 2 rings (SSSR count). The average molecular weight is 589 g/mol. The third-order valence-electron chi connectivity index (χ3n) is 8.08. The fourth-order valence-corrected chi connectivity index (χ4v) is 5.96. The maximum atomic E-state index is 14.2. The molecular formula is C32H52N4O6. The second-order valence-corrected chi connectivity index (χ2v) is 12.8. The minimum Gasteiger partial charge on any atom is -0.444 e. The number of allylic oxidation sites excluding steroid dienone is 1. The number of carbonyl (C=O) groups excluding carboxylic acids is 5. The zero-order chi connectivity index (χ0) is 31.4. The molecule has 4 amide bonds. The number of rotatable bonds is 14. The number of nitrogens with one attached hydrogen (secondary N) is 3. The van der Waals surface area contributed by atoms with Crippen LogP contribution in [0.5, 0.6) is 0 Å². The minimum atomic E-state index is -1.04. The minimum absolute atomic E-state index is 0.0673. The number of hydrogen-bond acceptors (Lipinski definition) is 6. The zero-order valence-electron chi connectivity index (χ0n) is 26.2. The highest BCUT2D eigenvalue weighted by Gasteiger charge is 2.47. The highest BCUT2D eigenvalue weighted by atomic mass is 16.6. The molecule has 2 aliphatic rings. The summed E-state index contributed by atoms with van der Waals surface area (Å²) in [6, 6.07) is -2.70. The van der Waals surface area contributed by atoms with E-state index in [0.29, 0.717) is 25.8 Å². The SMILES string of the molecule is C=CCCCC(NC(=O)[C@@H]1[C@@H](C(C)C)CCN1C(=O)[C@@H](NC(=O)OC(C)(C)C)C1CCCCC1)C(=O)C(=O)NCC=C. The van der Waals surface area contributed by atoms with Crippen LogP contribution in [-0.2, 0) is 23.9 Å². The van der Waals surface area contributed by atoms with E-state index in [0.717, 1.165) is 32.1 Å². The van der Waals surface area contributed by atoms with Crippen molar-refractivity contribution >= 4 is 29.6 Å². The van der Waals surface area contributed by atoms with Crippen molar-refractivity contribution in [3.05, 3.63) is 25.3 Å². The van der Waals surface area contributed by atoms with Gasteiger partial charge in [0.25, 0.3) is 5.91 Å². The maximum absolute atomic E-state index is 14.2. The molecule has 1 unspecified atom stereocenters. The Bertz CT molecular complexity index is 982. The Morgan fingerprint density at radius 3 is 2.21 bits per heavy atom. The Morgan fingerprint density at radius 2 is 1.64 bits per heavy atom. The second-order valence-electron chi connectivity index (χ2n) is 12.8. The van der Waals surface area contributed by atoms with Crippen molar-refractivity contribution in [2.75, 3.05) is 13.1 Å². The molecule has 4 atom stereocenters. The molecule has 42 heavy (non-hydrogen) atoms. The zero-order valence-corrected chi connectivity index (χ0v) is 26.2. The Balaban J connectivity index is 2.35. The predicted molar refractivity (Wildman–Crippen MR) is 162 cm³/mol. The first-order valence-corrected chi connectivity index (χ1v) is 15.4. The third kappa shape index (κ3) is 10.3. The van der Waals surface area contributed by atoms with Gasteiger partial charge in [-0.3, -0.25) is 19.2 Å². The number of ether oxygens (including phenoxy) is 1. The lowest BCUT2D eigenvalue weighted by Gasteiger charge is -2.36. The molecule has 0 bridgehead atoms. The van der Waals surface area contributed by atoms with Gasteiger partial charge in [0.1, 0.15) is 17.7 Å². The summed E-state index contributed by atoms with van der Waals surface area (Å²) in [5.41, 5.74) is -0.728. The number of amides is 4. The van der Waals surface area contributed by atoms with Crippen LogP contribution >= 0.6 is 0 Å². The monoisotopic (exact) mass is 588 g/mol. The Kier molecular flexibility index (Phi) is 13.7. The standard InChI is InChI=1S/C32H52N4O6/c1-8-10-12-17-24(27(37)29(39)33-19-9-2)34-28(38)26-23(21(3)4)18-20-36(26)30(40)25(22-15-13-11-14-16-22)35-31(41)42-32(5,6)7/h8-9,21-26H,1-2,10-20H2,3-7H3,(H,33,39)(H,34,38)(H,35,41)/t23-,24?,25+,26+/m1/s1. The molecule has 10 heteroatoms. The summed E-state index contributed by atoms with van der Waals surface area (Å²) in [6.45, 7) is 17.1. The van der Waals surface area contributed by atoms with Gasteiger partial charge in [-0.25, -0.2) is 4.79 Å². The van der Waals surface area contributed by atoms with E-state index in [9.17, 15) is 24.0 Å². The molecule has 1 saturated carbocycles. The van der Waals surface area contributed by atoms with Crippen LogP contribution in [-0.4, -0.2) is 71.3 Å². The van der Waals surface area contributed by atoms with Gasteiger partial charge in [-0.05, 0) is 77.0 Å². The van der Waals surface area contributed by atoms with E-state index in [1.165, 1.54) is 6.08 Å². The molecule has 0 aromatic carbocycles. The topological polar surface area (TPSA) is 134 Å². The van der Waals surface area contributed by atoms with Crippen LogP contribution in [0.2, 0.25) is 0 Å². The Labute approximate surface area is 251 Å². The van der Waals surface area contributed by atoms with Crippen molar-refractivity contribution in [2.45, 2.75) is 116 Å². The van der Waals surface area contributed by atoms with Gasteiger partial charge >= 0.3 is 6.09 Å². The molecule has 0 aromatic rings. The first-order valence-electron chi connectivity index (χ1n) is 15.4. The van der Waals surface area contributed by atoms with Gasteiger partial charge in [-0.2, -0.15) is 0 Å². The summed E-state index contributed by atoms with van der Waals surface area (Å²) in [4.78, 5) is 68.1. The summed E-state index contributed by atoms with van der Waals surface area (Å²) >= 11 is 0.